The predicted octanol–water partition coefficient (Wildman–Crippen LogP) is 1.66. The molecule has 0 unspecified atom stereocenters. The van der Waals surface area contributed by atoms with Crippen molar-refractivity contribution in [3.05, 3.63) is 34.3 Å². The highest BCUT2D eigenvalue weighted by Crippen LogP contribution is 2.30. The van der Waals surface area contributed by atoms with Crippen molar-refractivity contribution in [1.29, 1.82) is 0 Å². The number of sulfonamides is 1. The lowest BCUT2D eigenvalue weighted by molar-refractivity contribution is -0.115. The molecule has 8 nitrogen and oxygen atoms in total. The molecular formula is C17H21N3O5S2. The van der Waals surface area contributed by atoms with E-state index in [-0.39, 0.29) is 12.3 Å². The number of nitrogens with one attached hydrogen (secondary N) is 1. The summed E-state index contributed by atoms with van der Waals surface area (Å²) in [4.78, 5) is 17.6. The zero-order valence-corrected chi connectivity index (χ0v) is 16.9. The number of nitrogens with zero attached hydrogens (tertiary/aromatic N) is 2. The van der Waals surface area contributed by atoms with Crippen LogP contribution < -0.4 is 14.8 Å². The zero-order chi connectivity index (χ0) is 19.6. The van der Waals surface area contributed by atoms with Crippen LogP contribution in [0.1, 0.15) is 16.1 Å². The Balaban J connectivity index is 1.67. The van der Waals surface area contributed by atoms with E-state index in [0.717, 1.165) is 16.1 Å². The molecule has 0 saturated heterocycles. The Labute approximate surface area is 162 Å². The van der Waals surface area contributed by atoms with Gasteiger partial charge in [0.2, 0.25) is 15.9 Å². The molecule has 1 aromatic heterocycles. The van der Waals surface area contributed by atoms with Gasteiger partial charge in [0.15, 0.2) is 16.6 Å². The zero-order valence-electron chi connectivity index (χ0n) is 15.3. The summed E-state index contributed by atoms with van der Waals surface area (Å²) in [6, 6.07) is 5.32. The maximum atomic E-state index is 12.3. The second kappa shape index (κ2) is 7.83. The van der Waals surface area contributed by atoms with Crippen LogP contribution in [0.25, 0.3) is 0 Å². The first kappa shape index (κ1) is 19.6. The van der Waals surface area contributed by atoms with Crippen molar-refractivity contribution in [3.8, 4) is 11.5 Å². The molecule has 2 aromatic rings. The van der Waals surface area contributed by atoms with Gasteiger partial charge in [0, 0.05) is 24.4 Å². The first-order valence-electron chi connectivity index (χ1n) is 8.24. The first-order chi connectivity index (χ1) is 12.8. The van der Waals surface area contributed by atoms with Gasteiger partial charge in [0.25, 0.3) is 0 Å². The molecular weight excluding hydrogens is 390 g/mol. The molecule has 1 aliphatic heterocycles. The van der Waals surface area contributed by atoms with Crippen molar-refractivity contribution < 1.29 is 22.7 Å². The number of anilines is 1. The highest BCUT2D eigenvalue weighted by atomic mass is 32.2. The van der Waals surface area contributed by atoms with E-state index in [2.05, 4.69) is 10.3 Å². The van der Waals surface area contributed by atoms with Crippen LogP contribution in [0, 0.1) is 0 Å². The number of fused-ring (bicyclic) bond motifs is 1. The summed E-state index contributed by atoms with van der Waals surface area (Å²) in [5.41, 5.74) is 1.64. The van der Waals surface area contributed by atoms with Crippen LogP contribution in [0.3, 0.4) is 0 Å². The highest BCUT2D eigenvalue weighted by molar-refractivity contribution is 7.88. The summed E-state index contributed by atoms with van der Waals surface area (Å²) in [7, 11) is -0.135. The molecule has 0 bridgehead atoms. The summed E-state index contributed by atoms with van der Waals surface area (Å²) in [5, 5.41) is 3.28. The molecule has 27 heavy (non-hydrogen) atoms. The van der Waals surface area contributed by atoms with E-state index >= 15 is 0 Å². The standard InChI is InChI=1S/C17H21N3O5S2/c1-24-13-5-4-11(8-14(13)25-2)9-16(21)19-17-18-12-6-7-20(27(3,22)23)10-15(12)26-17/h4-5,8H,6-7,9-10H2,1-3H3,(H,18,19,21). The molecule has 3 rings (SSSR count). The number of carbonyl (C=O) groups is 1. The summed E-state index contributed by atoms with van der Waals surface area (Å²) >= 11 is 1.31. The van der Waals surface area contributed by atoms with Gasteiger partial charge in [-0.2, -0.15) is 4.31 Å². The first-order valence-corrected chi connectivity index (χ1v) is 10.9. The van der Waals surface area contributed by atoms with Gasteiger partial charge in [-0.05, 0) is 17.7 Å². The number of benzene rings is 1. The molecule has 0 atom stereocenters. The summed E-state index contributed by atoms with van der Waals surface area (Å²) in [6.07, 6.45) is 1.91. The Bertz CT molecular complexity index is 955. The third-order valence-corrected chi connectivity index (χ3v) is 6.47. The number of aromatic nitrogens is 1. The normalized spacial score (nSPS) is 14.5. The molecule has 0 spiro atoms. The lowest BCUT2D eigenvalue weighted by Crippen LogP contribution is -2.34. The van der Waals surface area contributed by atoms with E-state index in [0.29, 0.717) is 36.1 Å². The monoisotopic (exact) mass is 411 g/mol. The fourth-order valence-corrected chi connectivity index (χ4v) is 4.76. The minimum Gasteiger partial charge on any atom is -0.493 e. The number of carbonyl (C=O) groups excluding carboxylic acids is 1. The van der Waals surface area contributed by atoms with Crippen molar-refractivity contribution in [2.45, 2.75) is 19.4 Å². The second-order valence-electron chi connectivity index (χ2n) is 6.15. The predicted molar refractivity (Wildman–Crippen MR) is 103 cm³/mol. The van der Waals surface area contributed by atoms with Crippen LogP contribution >= 0.6 is 11.3 Å². The van der Waals surface area contributed by atoms with Crippen LogP contribution in [-0.2, 0) is 34.2 Å². The maximum Gasteiger partial charge on any atom is 0.230 e. The van der Waals surface area contributed by atoms with Crippen LogP contribution in [-0.4, -0.2) is 50.6 Å². The van der Waals surface area contributed by atoms with E-state index in [1.165, 1.54) is 21.9 Å². The van der Waals surface area contributed by atoms with E-state index in [4.69, 9.17) is 9.47 Å². The molecule has 1 N–H and O–H groups in total. The van der Waals surface area contributed by atoms with Crippen LogP contribution in [0.2, 0.25) is 0 Å². The summed E-state index contributed by atoms with van der Waals surface area (Å²) < 4.78 is 35.3. The van der Waals surface area contributed by atoms with E-state index in [9.17, 15) is 13.2 Å². The second-order valence-corrected chi connectivity index (χ2v) is 9.22. The van der Waals surface area contributed by atoms with Crippen molar-refractivity contribution in [2.24, 2.45) is 0 Å². The molecule has 1 aliphatic rings. The van der Waals surface area contributed by atoms with Crippen molar-refractivity contribution in [3.63, 3.8) is 0 Å². The van der Waals surface area contributed by atoms with Crippen LogP contribution in [0.4, 0.5) is 5.13 Å². The summed E-state index contributed by atoms with van der Waals surface area (Å²) in [6.45, 7) is 0.714. The van der Waals surface area contributed by atoms with Gasteiger partial charge in [0.05, 0.1) is 32.6 Å². The third-order valence-electron chi connectivity index (χ3n) is 4.22. The molecule has 146 valence electrons. The van der Waals surface area contributed by atoms with Gasteiger partial charge in [-0.3, -0.25) is 4.79 Å². The molecule has 10 heteroatoms. The fourth-order valence-electron chi connectivity index (χ4n) is 2.85. The topological polar surface area (TPSA) is 97.8 Å². The van der Waals surface area contributed by atoms with Gasteiger partial charge in [-0.1, -0.05) is 6.07 Å². The Kier molecular flexibility index (Phi) is 5.68. The number of methoxy groups -OCH3 is 2. The smallest absolute Gasteiger partial charge is 0.230 e. The minimum absolute atomic E-state index is 0.167. The fraction of sp³-hybridized carbons (Fsp3) is 0.412. The van der Waals surface area contributed by atoms with E-state index in [1.807, 2.05) is 0 Å². The van der Waals surface area contributed by atoms with Crippen molar-refractivity contribution in [2.75, 3.05) is 32.3 Å². The Morgan fingerprint density at radius 3 is 2.70 bits per heavy atom. The van der Waals surface area contributed by atoms with Gasteiger partial charge in [-0.15, -0.1) is 11.3 Å². The average Bonchev–Trinajstić information content (AvgIpc) is 3.01. The SMILES string of the molecule is COc1ccc(CC(=O)Nc2nc3c(s2)CN(S(C)(=O)=O)CC3)cc1OC. The average molecular weight is 412 g/mol. The molecule has 0 aliphatic carbocycles. The third kappa shape index (κ3) is 4.57. The summed E-state index contributed by atoms with van der Waals surface area (Å²) in [5.74, 6) is 0.964. The molecule has 0 fully saturated rings. The van der Waals surface area contributed by atoms with Crippen LogP contribution in [0.5, 0.6) is 11.5 Å². The quantitative estimate of drug-likeness (QED) is 0.776. The number of hydrogen-bond donors (Lipinski definition) is 1. The van der Waals surface area contributed by atoms with Gasteiger partial charge >= 0.3 is 0 Å². The van der Waals surface area contributed by atoms with Gasteiger partial charge < -0.3 is 14.8 Å². The van der Waals surface area contributed by atoms with E-state index in [1.54, 1.807) is 32.4 Å². The number of rotatable bonds is 6. The van der Waals surface area contributed by atoms with Gasteiger partial charge in [0.1, 0.15) is 0 Å². The highest BCUT2D eigenvalue weighted by Gasteiger charge is 2.26. The Hall–Kier alpha value is -2.17. The van der Waals surface area contributed by atoms with E-state index < -0.39 is 10.0 Å². The maximum absolute atomic E-state index is 12.3. The molecule has 1 amide bonds. The van der Waals surface area contributed by atoms with Crippen molar-refractivity contribution in [1.82, 2.24) is 9.29 Å². The molecule has 2 heterocycles. The minimum atomic E-state index is -3.23. The van der Waals surface area contributed by atoms with Crippen LogP contribution in [0.15, 0.2) is 18.2 Å². The molecule has 0 radical (unpaired) electrons. The number of ether oxygens (including phenoxy) is 2. The van der Waals surface area contributed by atoms with Crippen molar-refractivity contribution >= 4 is 32.4 Å². The Morgan fingerprint density at radius 1 is 1.30 bits per heavy atom. The largest absolute Gasteiger partial charge is 0.493 e. The Morgan fingerprint density at radius 2 is 2.04 bits per heavy atom. The lowest BCUT2D eigenvalue weighted by Gasteiger charge is -2.23. The number of amides is 1. The lowest BCUT2D eigenvalue weighted by atomic mass is 10.1. The molecule has 1 aromatic carbocycles. The molecule has 0 saturated carbocycles. The number of hydrogen-bond acceptors (Lipinski definition) is 7. The van der Waals surface area contributed by atoms with Gasteiger partial charge in [-0.25, -0.2) is 13.4 Å². The number of thiazole rings is 1.